The fourth-order valence-electron chi connectivity index (χ4n) is 1.34. The summed E-state index contributed by atoms with van der Waals surface area (Å²) in [4.78, 5) is 35.9. The topological polar surface area (TPSA) is 134 Å². The number of nitro groups is 1. The van der Waals surface area contributed by atoms with Crippen molar-refractivity contribution >= 4 is 23.4 Å². The van der Waals surface area contributed by atoms with Gasteiger partial charge in [0.25, 0.3) is 0 Å². The maximum absolute atomic E-state index is 11.4. The van der Waals surface area contributed by atoms with Gasteiger partial charge in [0.05, 0.1) is 11.5 Å². The number of pyridine rings is 1. The van der Waals surface area contributed by atoms with Crippen LogP contribution in [0.2, 0.25) is 0 Å². The number of carboxylic acids is 1. The van der Waals surface area contributed by atoms with Crippen LogP contribution in [0.5, 0.6) is 0 Å². The molecule has 0 atom stereocenters. The number of carbonyl (C=O) groups excluding carboxylic acids is 1. The van der Waals surface area contributed by atoms with Crippen molar-refractivity contribution in [2.24, 2.45) is 0 Å². The number of carbonyl (C=O) groups is 2. The van der Waals surface area contributed by atoms with E-state index in [0.717, 1.165) is 18.6 Å². The van der Waals surface area contributed by atoms with Crippen LogP contribution in [-0.2, 0) is 4.79 Å². The van der Waals surface area contributed by atoms with Crippen LogP contribution >= 0.6 is 0 Å². The second-order valence-corrected chi connectivity index (χ2v) is 3.83. The zero-order chi connectivity index (χ0) is 15.1. The number of nitrogens with one attached hydrogen (secondary N) is 2. The first-order chi connectivity index (χ1) is 9.45. The van der Waals surface area contributed by atoms with Gasteiger partial charge < -0.3 is 15.7 Å². The Bertz CT molecular complexity index is 532. The molecular formula is C11H14N4O5. The van der Waals surface area contributed by atoms with Crippen molar-refractivity contribution in [3.63, 3.8) is 0 Å². The molecule has 0 aliphatic heterocycles. The number of rotatable bonds is 7. The van der Waals surface area contributed by atoms with E-state index >= 15 is 0 Å². The van der Waals surface area contributed by atoms with Crippen molar-refractivity contribution in [3.8, 4) is 0 Å². The normalized spacial score (nSPS) is 9.85. The van der Waals surface area contributed by atoms with E-state index in [-0.39, 0.29) is 24.0 Å². The molecule has 0 fully saturated rings. The average molecular weight is 282 g/mol. The third kappa shape index (κ3) is 4.19. The predicted octanol–water partition coefficient (Wildman–Crippen LogP) is 0.626. The number of aromatic carboxylic acids is 1. The number of hydrogen-bond acceptors (Lipinski definition) is 6. The summed E-state index contributed by atoms with van der Waals surface area (Å²) in [7, 11) is 0. The van der Waals surface area contributed by atoms with E-state index < -0.39 is 16.6 Å². The van der Waals surface area contributed by atoms with E-state index in [4.69, 9.17) is 5.11 Å². The molecule has 0 unspecified atom stereocenters. The molecule has 1 rings (SSSR count). The summed E-state index contributed by atoms with van der Waals surface area (Å²) in [6.45, 7) is 2.15. The first-order valence-corrected chi connectivity index (χ1v) is 5.85. The van der Waals surface area contributed by atoms with E-state index in [2.05, 4.69) is 15.6 Å². The largest absolute Gasteiger partial charge is 0.477 e. The minimum Gasteiger partial charge on any atom is -0.477 e. The van der Waals surface area contributed by atoms with Crippen LogP contribution in [0.15, 0.2) is 12.1 Å². The molecule has 0 aromatic carbocycles. The van der Waals surface area contributed by atoms with Crippen LogP contribution < -0.4 is 10.6 Å². The highest BCUT2D eigenvalue weighted by Gasteiger charge is 2.18. The van der Waals surface area contributed by atoms with Crippen LogP contribution in [-0.4, -0.2) is 40.0 Å². The number of carboxylic acid groups (broad SMARTS) is 1. The molecular weight excluding hydrogens is 268 g/mol. The Morgan fingerprint density at radius 3 is 2.70 bits per heavy atom. The zero-order valence-electron chi connectivity index (χ0n) is 10.8. The fraction of sp³-hybridized carbons (Fsp3) is 0.364. The molecule has 0 saturated heterocycles. The standard InChI is InChI=1S/C11H14N4O5/c1-2-5-12-9(16)6-13-10-8(15(19)20)4-3-7(14-10)11(17)18/h3-4H,2,5-6H2,1H3,(H,12,16)(H,13,14)(H,17,18). The van der Waals surface area contributed by atoms with E-state index in [1.807, 2.05) is 6.92 Å². The number of hydrogen-bond donors (Lipinski definition) is 3. The van der Waals surface area contributed by atoms with Crippen molar-refractivity contribution in [2.45, 2.75) is 13.3 Å². The lowest BCUT2D eigenvalue weighted by Crippen LogP contribution is -2.30. The zero-order valence-corrected chi connectivity index (χ0v) is 10.8. The lowest BCUT2D eigenvalue weighted by Gasteiger charge is -2.07. The Kier molecular flexibility index (Phi) is 5.39. The van der Waals surface area contributed by atoms with Crippen LogP contribution in [0.1, 0.15) is 23.8 Å². The van der Waals surface area contributed by atoms with Gasteiger partial charge in [-0.1, -0.05) is 6.92 Å². The van der Waals surface area contributed by atoms with Crippen molar-refractivity contribution in [3.05, 3.63) is 27.9 Å². The maximum Gasteiger partial charge on any atom is 0.354 e. The van der Waals surface area contributed by atoms with Gasteiger partial charge in [0.2, 0.25) is 11.7 Å². The van der Waals surface area contributed by atoms with Crippen LogP contribution in [0.25, 0.3) is 0 Å². The Morgan fingerprint density at radius 2 is 2.15 bits per heavy atom. The highest BCUT2D eigenvalue weighted by atomic mass is 16.6. The molecule has 1 aromatic rings. The number of nitrogens with zero attached hydrogens (tertiary/aromatic N) is 2. The fourth-order valence-corrected chi connectivity index (χ4v) is 1.34. The van der Waals surface area contributed by atoms with Crippen molar-refractivity contribution in [2.75, 3.05) is 18.4 Å². The maximum atomic E-state index is 11.4. The van der Waals surface area contributed by atoms with Gasteiger partial charge in [0.15, 0.2) is 5.69 Å². The molecule has 0 bridgehead atoms. The average Bonchev–Trinajstić information content (AvgIpc) is 2.42. The second-order valence-electron chi connectivity index (χ2n) is 3.83. The molecule has 0 radical (unpaired) electrons. The van der Waals surface area contributed by atoms with Crippen molar-refractivity contribution < 1.29 is 19.6 Å². The molecule has 1 aromatic heterocycles. The molecule has 3 N–H and O–H groups in total. The summed E-state index contributed by atoms with van der Waals surface area (Å²) in [6.07, 6.45) is 0.763. The summed E-state index contributed by atoms with van der Waals surface area (Å²) >= 11 is 0. The summed E-state index contributed by atoms with van der Waals surface area (Å²) in [5.74, 6) is -1.91. The Morgan fingerprint density at radius 1 is 1.45 bits per heavy atom. The molecule has 1 amide bonds. The van der Waals surface area contributed by atoms with Crippen molar-refractivity contribution in [1.82, 2.24) is 10.3 Å². The minimum atomic E-state index is -1.31. The van der Waals surface area contributed by atoms with E-state index in [0.29, 0.717) is 6.54 Å². The lowest BCUT2D eigenvalue weighted by atomic mass is 10.3. The predicted molar refractivity (Wildman–Crippen MR) is 69.6 cm³/mol. The molecule has 0 saturated carbocycles. The quantitative estimate of drug-likeness (QED) is 0.493. The van der Waals surface area contributed by atoms with Gasteiger partial charge in [-0.15, -0.1) is 0 Å². The molecule has 0 spiro atoms. The summed E-state index contributed by atoms with van der Waals surface area (Å²) in [5.41, 5.74) is -0.731. The molecule has 0 aliphatic carbocycles. The SMILES string of the molecule is CCCNC(=O)CNc1nc(C(=O)O)ccc1[N+](=O)[O-]. The first kappa shape index (κ1) is 15.3. The smallest absolute Gasteiger partial charge is 0.354 e. The van der Waals surface area contributed by atoms with Gasteiger partial charge in [-0.2, -0.15) is 0 Å². The number of amides is 1. The minimum absolute atomic E-state index is 0.225. The molecule has 0 aliphatic rings. The molecule has 9 nitrogen and oxygen atoms in total. The van der Waals surface area contributed by atoms with Crippen molar-refractivity contribution in [1.29, 1.82) is 0 Å². The highest BCUT2D eigenvalue weighted by molar-refractivity contribution is 5.87. The van der Waals surface area contributed by atoms with E-state index in [1.54, 1.807) is 0 Å². The molecule has 108 valence electrons. The van der Waals surface area contributed by atoms with Gasteiger partial charge in [-0.25, -0.2) is 9.78 Å². The summed E-state index contributed by atoms with van der Waals surface area (Å²) in [5, 5.41) is 24.6. The van der Waals surface area contributed by atoms with Gasteiger partial charge in [-0.3, -0.25) is 14.9 Å². The third-order valence-electron chi connectivity index (χ3n) is 2.28. The monoisotopic (exact) mass is 282 g/mol. The van der Waals surface area contributed by atoms with E-state index in [9.17, 15) is 19.7 Å². The second kappa shape index (κ2) is 7.02. The summed E-state index contributed by atoms with van der Waals surface area (Å²) in [6, 6.07) is 2.06. The number of aromatic nitrogens is 1. The van der Waals surface area contributed by atoms with Gasteiger partial charge in [-0.05, 0) is 12.5 Å². The van der Waals surface area contributed by atoms with Crippen LogP contribution in [0.3, 0.4) is 0 Å². The lowest BCUT2D eigenvalue weighted by molar-refractivity contribution is -0.384. The molecule has 1 heterocycles. The third-order valence-corrected chi connectivity index (χ3v) is 2.28. The number of anilines is 1. The van der Waals surface area contributed by atoms with Crippen LogP contribution in [0, 0.1) is 10.1 Å². The molecule has 20 heavy (non-hydrogen) atoms. The Balaban J connectivity index is 2.85. The Labute approximate surface area is 114 Å². The van der Waals surface area contributed by atoms with Gasteiger partial charge in [0, 0.05) is 12.6 Å². The van der Waals surface area contributed by atoms with Gasteiger partial charge in [0.1, 0.15) is 0 Å². The Hall–Kier alpha value is -2.71. The summed E-state index contributed by atoms with van der Waals surface area (Å²) < 4.78 is 0. The molecule has 9 heteroatoms. The van der Waals surface area contributed by atoms with Crippen LogP contribution in [0.4, 0.5) is 11.5 Å². The first-order valence-electron chi connectivity index (χ1n) is 5.85. The highest BCUT2D eigenvalue weighted by Crippen LogP contribution is 2.21. The van der Waals surface area contributed by atoms with Gasteiger partial charge >= 0.3 is 11.7 Å². The van der Waals surface area contributed by atoms with E-state index in [1.165, 1.54) is 0 Å².